The predicted molar refractivity (Wildman–Crippen MR) is 48.9 cm³/mol. The van der Waals surface area contributed by atoms with Gasteiger partial charge in [0.25, 0.3) is 0 Å². The lowest BCUT2D eigenvalue weighted by Gasteiger charge is -2.26. The molecule has 2 nitrogen and oxygen atoms in total. The van der Waals surface area contributed by atoms with E-state index in [1.165, 1.54) is 6.92 Å². The van der Waals surface area contributed by atoms with Crippen molar-refractivity contribution in [3.05, 3.63) is 0 Å². The zero-order valence-electron chi connectivity index (χ0n) is 8.60. The topological polar surface area (TPSA) is 34.1 Å². The molecule has 0 unspecified atom stereocenters. The van der Waals surface area contributed by atoms with E-state index < -0.39 is 0 Å². The van der Waals surface area contributed by atoms with Crippen molar-refractivity contribution in [2.45, 2.75) is 41.0 Å². The van der Waals surface area contributed by atoms with Gasteiger partial charge in [0.2, 0.25) is 0 Å². The third-order valence-electron chi connectivity index (χ3n) is 2.57. The summed E-state index contributed by atoms with van der Waals surface area (Å²) in [4.78, 5) is 22.2. The molecule has 0 aromatic carbocycles. The van der Waals surface area contributed by atoms with Gasteiger partial charge in [0.05, 0.1) is 6.42 Å². The molecule has 0 saturated heterocycles. The van der Waals surface area contributed by atoms with E-state index in [9.17, 15) is 9.59 Å². The Morgan fingerprint density at radius 2 is 1.67 bits per heavy atom. The van der Waals surface area contributed by atoms with Crippen molar-refractivity contribution >= 4 is 11.6 Å². The summed E-state index contributed by atoms with van der Waals surface area (Å²) in [6, 6.07) is 0. The first-order chi connectivity index (χ1) is 5.28. The van der Waals surface area contributed by atoms with Crippen LogP contribution in [0.25, 0.3) is 0 Å². The Bertz CT molecular complexity index is 190. The second kappa shape index (κ2) is 3.83. The third kappa shape index (κ3) is 2.76. The lowest BCUT2D eigenvalue weighted by molar-refractivity contribution is -0.133. The summed E-state index contributed by atoms with van der Waals surface area (Å²) in [5.41, 5.74) is -0.369. The van der Waals surface area contributed by atoms with Crippen molar-refractivity contribution in [3.8, 4) is 0 Å². The highest BCUT2D eigenvalue weighted by Crippen LogP contribution is 2.28. The molecule has 0 aliphatic carbocycles. The first-order valence-electron chi connectivity index (χ1n) is 4.31. The number of carbonyl (C=O) groups is 2. The van der Waals surface area contributed by atoms with E-state index in [1.807, 2.05) is 27.7 Å². The normalized spacial score (nSPS) is 11.8. The highest BCUT2D eigenvalue weighted by molar-refractivity contribution is 6.00. The Morgan fingerprint density at radius 3 is 1.92 bits per heavy atom. The van der Waals surface area contributed by atoms with Crippen LogP contribution in [0.2, 0.25) is 0 Å². The van der Waals surface area contributed by atoms with Crippen molar-refractivity contribution in [1.29, 1.82) is 0 Å². The van der Waals surface area contributed by atoms with Crippen molar-refractivity contribution in [2.24, 2.45) is 11.3 Å². The Balaban J connectivity index is 4.36. The molecule has 0 N–H and O–H groups in total. The average molecular weight is 170 g/mol. The fourth-order valence-electron chi connectivity index (χ4n) is 0.776. The second-order valence-electron chi connectivity index (χ2n) is 4.18. The summed E-state index contributed by atoms with van der Waals surface area (Å²) in [7, 11) is 0. The van der Waals surface area contributed by atoms with E-state index in [2.05, 4.69) is 0 Å². The van der Waals surface area contributed by atoms with Gasteiger partial charge in [-0.05, 0) is 12.8 Å². The molecule has 0 atom stereocenters. The number of hydrogen-bond acceptors (Lipinski definition) is 2. The van der Waals surface area contributed by atoms with Crippen LogP contribution >= 0.6 is 0 Å². The van der Waals surface area contributed by atoms with Gasteiger partial charge in [-0.25, -0.2) is 0 Å². The number of ketones is 2. The van der Waals surface area contributed by atoms with E-state index in [4.69, 9.17) is 0 Å². The molecule has 0 amide bonds. The summed E-state index contributed by atoms with van der Waals surface area (Å²) in [6.07, 6.45) is 0.0746. The van der Waals surface area contributed by atoms with Crippen LogP contribution in [-0.4, -0.2) is 11.6 Å². The third-order valence-corrected chi connectivity index (χ3v) is 2.57. The van der Waals surface area contributed by atoms with Crippen molar-refractivity contribution in [2.75, 3.05) is 0 Å². The fraction of sp³-hybridized carbons (Fsp3) is 0.800. The highest BCUT2D eigenvalue weighted by atomic mass is 16.1. The molecule has 0 aliphatic rings. The van der Waals surface area contributed by atoms with Crippen LogP contribution in [0.3, 0.4) is 0 Å². The van der Waals surface area contributed by atoms with Crippen LogP contribution in [0.4, 0.5) is 0 Å². The van der Waals surface area contributed by atoms with Gasteiger partial charge in [0, 0.05) is 5.41 Å². The summed E-state index contributed by atoms with van der Waals surface area (Å²) in [6.45, 7) is 9.23. The lowest BCUT2D eigenvalue weighted by Crippen LogP contribution is -2.31. The van der Waals surface area contributed by atoms with Crippen molar-refractivity contribution in [3.63, 3.8) is 0 Å². The number of hydrogen-bond donors (Lipinski definition) is 0. The van der Waals surface area contributed by atoms with Crippen LogP contribution in [0.5, 0.6) is 0 Å². The van der Waals surface area contributed by atoms with Gasteiger partial charge in [-0.1, -0.05) is 27.7 Å². The van der Waals surface area contributed by atoms with Crippen LogP contribution in [0.1, 0.15) is 41.0 Å². The molecule has 0 spiro atoms. The summed E-state index contributed by atoms with van der Waals surface area (Å²) in [5, 5.41) is 0. The Morgan fingerprint density at radius 1 is 1.25 bits per heavy atom. The zero-order chi connectivity index (χ0) is 9.94. The van der Waals surface area contributed by atoms with E-state index >= 15 is 0 Å². The molecule has 0 saturated carbocycles. The molecule has 70 valence electrons. The molecule has 0 radical (unpaired) electrons. The van der Waals surface area contributed by atoms with Crippen molar-refractivity contribution < 1.29 is 9.59 Å². The van der Waals surface area contributed by atoms with E-state index in [1.54, 1.807) is 0 Å². The maximum Gasteiger partial charge on any atom is 0.146 e. The molecule has 0 bridgehead atoms. The van der Waals surface area contributed by atoms with Gasteiger partial charge in [-0.15, -0.1) is 0 Å². The maximum absolute atomic E-state index is 11.5. The van der Waals surface area contributed by atoms with Crippen molar-refractivity contribution in [1.82, 2.24) is 0 Å². The maximum atomic E-state index is 11.5. The van der Waals surface area contributed by atoms with E-state index in [0.29, 0.717) is 0 Å². The van der Waals surface area contributed by atoms with Gasteiger partial charge in [-0.3, -0.25) is 9.59 Å². The summed E-state index contributed by atoms with van der Waals surface area (Å²) >= 11 is 0. The van der Waals surface area contributed by atoms with Gasteiger partial charge < -0.3 is 0 Å². The van der Waals surface area contributed by atoms with Gasteiger partial charge in [0.15, 0.2) is 0 Å². The van der Waals surface area contributed by atoms with Gasteiger partial charge in [-0.2, -0.15) is 0 Å². The average Bonchev–Trinajstić information content (AvgIpc) is 1.85. The molecule has 0 aromatic rings. The van der Waals surface area contributed by atoms with Crippen LogP contribution in [-0.2, 0) is 9.59 Å². The lowest BCUT2D eigenvalue weighted by atomic mass is 9.76. The molecule has 12 heavy (non-hydrogen) atoms. The number of rotatable bonds is 4. The first kappa shape index (κ1) is 11.3. The minimum atomic E-state index is -0.369. The number of carbonyl (C=O) groups excluding carboxylic acids is 2. The zero-order valence-corrected chi connectivity index (χ0v) is 8.60. The van der Waals surface area contributed by atoms with Crippen LogP contribution < -0.4 is 0 Å². The standard InChI is InChI=1S/C10H18O2/c1-7(2)10(4,5)9(12)6-8(3)11/h7H,6H2,1-5H3. The van der Waals surface area contributed by atoms with Crippen LogP contribution in [0.15, 0.2) is 0 Å². The summed E-state index contributed by atoms with van der Waals surface area (Å²) in [5.74, 6) is 0.281. The highest BCUT2D eigenvalue weighted by Gasteiger charge is 2.31. The minimum Gasteiger partial charge on any atom is -0.300 e. The largest absolute Gasteiger partial charge is 0.300 e. The predicted octanol–water partition coefficient (Wildman–Crippen LogP) is 2.22. The molecule has 0 aliphatic heterocycles. The quantitative estimate of drug-likeness (QED) is 0.606. The van der Waals surface area contributed by atoms with Crippen LogP contribution in [0, 0.1) is 11.3 Å². The Hall–Kier alpha value is -0.660. The van der Waals surface area contributed by atoms with E-state index in [0.717, 1.165) is 0 Å². The second-order valence-corrected chi connectivity index (χ2v) is 4.18. The van der Waals surface area contributed by atoms with Gasteiger partial charge in [0.1, 0.15) is 11.6 Å². The fourth-order valence-corrected chi connectivity index (χ4v) is 0.776. The first-order valence-corrected chi connectivity index (χ1v) is 4.31. The molecular weight excluding hydrogens is 152 g/mol. The molecule has 0 rings (SSSR count). The molecule has 0 heterocycles. The molecule has 2 heteroatoms. The SMILES string of the molecule is CC(=O)CC(=O)C(C)(C)C(C)C. The Kier molecular flexibility index (Phi) is 3.62. The monoisotopic (exact) mass is 170 g/mol. The smallest absolute Gasteiger partial charge is 0.146 e. The van der Waals surface area contributed by atoms with E-state index in [-0.39, 0.29) is 29.3 Å². The summed E-state index contributed by atoms with van der Waals surface area (Å²) < 4.78 is 0. The molecular formula is C10H18O2. The van der Waals surface area contributed by atoms with Gasteiger partial charge >= 0.3 is 0 Å². The minimum absolute atomic E-state index is 0.0463. The molecule has 0 aromatic heterocycles. The Labute approximate surface area is 74.3 Å². The number of Topliss-reactive ketones (excluding diaryl/α,β-unsaturated/α-hetero) is 2. The molecule has 0 fully saturated rings.